The molecule has 0 aliphatic heterocycles. The van der Waals surface area contributed by atoms with Gasteiger partial charge in [-0.2, -0.15) is 0 Å². The Kier molecular flexibility index (Phi) is 5.50. The van der Waals surface area contributed by atoms with Gasteiger partial charge in [0, 0.05) is 0 Å². The second-order valence-electron chi connectivity index (χ2n) is 7.00. The lowest BCUT2D eigenvalue weighted by atomic mass is 9.87. The van der Waals surface area contributed by atoms with Gasteiger partial charge in [0.05, 0.1) is 20.8 Å². The van der Waals surface area contributed by atoms with Crippen molar-refractivity contribution in [1.82, 2.24) is 0 Å². The van der Waals surface area contributed by atoms with Gasteiger partial charge in [0.25, 0.3) is 0 Å². The summed E-state index contributed by atoms with van der Waals surface area (Å²) in [5.74, 6) is 1.34. The summed E-state index contributed by atoms with van der Waals surface area (Å²) in [7, 11) is 3.27. The molecule has 0 atom stereocenters. The smallest absolute Gasteiger partial charge is 0.161 e. The highest BCUT2D eigenvalue weighted by atomic mass is 16.5. The first-order chi connectivity index (χ1) is 14.2. The molecule has 4 aromatic carbocycles. The van der Waals surface area contributed by atoms with Crippen molar-refractivity contribution in [2.24, 2.45) is 0 Å². The number of hydrogen-bond acceptors (Lipinski definition) is 3. The normalized spacial score (nSPS) is 10.9. The molecule has 29 heavy (non-hydrogen) atoms. The summed E-state index contributed by atoms with van der Waals surface area (Å²) < 4.78 is 11.0. The molecule has 0 aliphatic carbocycles. The van der Waals surface area contributed by atoms with E-state index < -0.39 is 0 Å². The largest absolute Gasteiger partial charge is 0.493 e. The third kappa shape index (κ3) is 3.69. The lowest BCUT2D eigenvalue weighted by Gasteiger charge is -2.19. The number of hydrogen-bond donors (Lipinski definition) is 1. The molecular formula is C26H24O3. The summed E-state index contributed by atoms with van der Waals surface area (Å²) in [5, 5.41) is 12.4. The van der Waals surface area contributed by atoms with Crippen molar-refractivity contribution in [2.45, 2.75) is 13.0 Å². The van der Waals surface area contributed by atoms with Gasteiger partial charge in [0.1, 0.15) is 0 Å². The van der Waals surface area contributed by atoms with Crippen molar-refractivity contribution in [2.75, 3.05) is 14.2 Å². The first-order valence-electron chi connectivity index (χ1n) is 9.66. The molecule has 4 rings (SSSR count). The first kappa shape index (κ1) is 19.0. The zero-order chi connectivity index (χ0) is 20.2. The number of benzene rings is 4. The molecule has 0 saturated carbocycles. The van der Waals surface area contributed by atoms with E-state index in [1.54, 1.807) is 14.2 Å². The van der Waals surface area contributed by atoms with Crippen LogP contribution in [0.1, 0.15) is 16.7 Å². The summed E-state index contributed by atoms with van der Waals surface area (Å²) in [6.07, 6.45) is 0.780. The summed E-state index contributed by atoms with van der Waals surface area (Å²) >= 11 is 0. The highest BCUT2D eigenvalue weighted by molar-refractivity contribution is 5.95. The van der Waals surface area contributed by atoms with Crippen LogP contribution in [0, 0.1) is 0 Å². The van der Waals surface area contributed by atoms with Gasteiger partial charge in [-0.15, -0.1) is 0 Å². The summed E-state index contributed by atoms with van der Waals surface area (Å²) in [5.41, 5.74) is 5.48. The van der Waals surface area contributed by atoms with Crippen LogP contribution in [0.3, 0.4) is 0 Å². The van der Waals surface area contributed by atoms with E-state index in [0.717, 1.165) is 33.9 Å². The molecule has 4 aromatic rings. The Morgan fingerprint density at radius 3 is 2.00 bits per heavy atom. The van der Waals surface area contributed by atoms with Gasteiger partial charge in [-0.1, -0.05) is 66.7 Å². The minimum atomic E-state index is -0.0567. The molecule has 3 heteroatoms. The van der Waals surface area contributed by atoms with Crippen LogP contribution in [-0.4, -0.2) is 19.3 Å². The highest BCUT2D eigenvalue weighted by Gasteiger charge is 2.17. The van der Waals surface area contributed by atoms with Crippen LogP contribution in [0.25, 0.3) is 21.9 Å². The van der Waals surface area contributed by atoms with E-state index in [4.69, 9.17) is 9.47 Å². The van der Waals surface area contributed by atoms with E-state index in [-0.39, 0.29) is 6.61 Å². The van der Waals surface area contributed by atoms with Gasteiger partial charge >= 0.3 is 0 Å². The SMILES string of the molecule is COc1cc2cc(Cc3ccccc3)c(-c3ccccc3)c(CO)c2cc1OC. The first-order valence-corrected chi connectivity index (χ1v) is 9.66. The molecule has 3 nitrogen and oxygen atoms in total. The Morgan fingerprint density at radius 1 is 0.759 bits per heavy atom. The third-order valence-electron chi connectivity index (χ3n) is 5.29. The maximum atomic E-state index is 10.4. The summed E-state index contributed by atoms with van der Waals surface area (Å²) in [6.45, 7) is -0.0567. The topological polar surface area (TPSA) is 38.7 Å². The quantitative estimate of drug-likeness (QED) is 0.470. The van der Waals surface area contributed by atoms with Crippen LogP contribution in [-0.2, 0) is 13.0 Å². The third-order valence-corrected chi connectivity index (χ3v) is 5.29. The zero-order valence-corrected chi connectivity index (χ0v) is 16.7. The van der Waals surface area contributed by atoms with Crippen molar-refractivity contribution in [1.29, 1.82) is 0 Å². The lowest BCUT2D eigenvalue weighted by Crippen LogP contribution is -2.01. The van der Waals surface area contributed by atoms with Gasteiger partial charge in [-0.25, -0.2) is 0 Å². The number of aliphatic hydroxyl groups is 1. The van der Waals surface area contributed by atoms with E-state index >= 15 is 0 Å². The van der Waals surface area contributed by atoms with Gasteiger partial charge in [-0.05, 0) is 57.1 Å². The summed E-state index contributed by atoms with van der Waals surface area (Å²) in [6, 6.07) is 26.8. The standard InChI is InChI=1S/C26H24O3/c1-28-24-15-20-14-21(13-18-9-5-3-6-10-18)26(19-11-7-4-8-12-19)23(17-27)22(20)16-25(24)29-2/h3-12,14-16,27H,13,17H2,1-2H3. The fraction of sp³-hybridized carbons (Fsp3) is 0.154. The molecule has 0 saturated heterocycles. The van der Waals surface area contributed by atoms with Gasteiger partial charge in [0.15, 0.2) is 11.5 Å². The number of rotatable bonds is 6. The van der Waals surface area contributed by atoms with Crippen molar-refractivity contribution >= 4 is 10.8 Å². The Morgan fingerprint density at radius 2 is 1.38 bits per heavy atom. The molecular weight excluding hydrogens is 360 g/mol. The van der Waals surface area contributed by atoms with Crippen LogP contribution in [0.2, 0.25) is 0 Å². The van der Waals surface area contributed by atoms with Crippen LogP contribution in [0.15, 0.2) is 78.9 Å². The maximum absolute atomic E-state index is 10.4. The van der Waals surface area contributed by atoms with E-state index in [9.17, 15) is 5.11 Å². The van der Waals surface area contributed by atoms with Crippen molar-refractivity contribution < 1.29 is 14.6 Å². The van der Waals surface area contributed by atoms with Crippen molar-refractivity contribution in [3.05, 3.63) is 95.6 Å². The van der Waals surface area contributed by atoms with Crippen LogP contribution < -0.4 is 9.47 Å². The molecule has 0 radical (unpaired) electrons. The average Bonchev–Trinajstić information content (AvgIpc) is 2.78. The van der Waals surface area contributed by atoms with Crippen LogP contribution >= 0.6 is 0 Å². The lowest BCUT2D eigenvalue weighted by molar-refractivity contribution is 0.283. The second-order valence-corrected chi connectivity index (χ2v) is 7.00. The molecule has 0 aliphatic rings. The fourth-order valence-electron chi connectivity index (χ4n) is 3.95. The fourth-order valence-corrected chi connectivity index (χ4v) is 3.95. The predicted octanol–water partition coefficient (Wildman–Crippen LogP) is 5.61. The molecule has 1 N–H and O–H groups in total. The van der Waals surface area contributed by atoms with E-state index in [1.807, 2.05) is 36.4 Å². The summed E-state index contributed by atoms with van der Waals surface area (Å²) in [4.78, 5) is 0. The number of aliphatic hydroxyl groups excluding tert-OH is 1. The molecule has 0 spiro atoms. The minimum absolute atomic E-state index is 0.0567. The number of ether oxygens (including phenoxy) is 2. The molecule has 0 aromatic heterocycles. The van der Waals surface area contributed by atoms with Crippen LogP contribution in [0.5, 0.6) is 11.5 Å². The van der Waals surface area contributed by atoms with Gasteiger partial charge in [0.2, 0.25) is 0 Å². The Hall–Kier alpha value is -3.30. The maximum Gasteiger partial charge on any atom is 0.161 e. The Bertz CT molecular complexity index is 1120. The zero-order valence-electron chi connectivity index (χ0n) is 16.7. The average molecular weight is 384 g/mol. The molecule has 0 fully saturated rings. The van der Waals surface area contributed by atoms with E-state index in [0.29, 0.717) is 11.5 Å². The minimum Gasteiger partial charge on any atom is -0.493 e. The molecule has 0 heterocycles. The Balaban J connectivity index is 2.02. The highest BCUT2D eigenvalue weighted by Crippen LogP contribution is 2.40. The second kappa shape index (κ2) is 8.38. The predicted molar refractivity (Wildman–Crippen MR) is 118 cm³/mol. The molecule has 0 unspecified atom stereocenters. The number of fused-ring (bicyclic) bond motifs is 1. The van der Waals surface area contributed by atoms with Crippen LogP contribution in [0.4, 0.5) is 0 Å². The van der Waals surface area contributed by atoms with Crippen molar-refractivity contribution in [3.8, 4) is 22.6 Å². The van der Waals surface area contributed by atoms with E-state index in [1.165, 1.54) is 11.1 Å². The van der Waals surface area contributed by atoms with Gasteiger partial charge < -0.3 is 14.6 Å². The van der Waals surface area contributed by atoms with Gasteiger partial charge in [-0.3, -0.25) is 0 Å². The molecule has 0 amide bonds. The van der Waals surface area contributed by atoms with E-state index in [2.05, 4.69) is 42.5 Å². The monoisotopic (exact) mass is 384 g/mol. The number of methoxy groups -OCH3 is 2. The van der Waals surface area contributed by atoms with Crippen molar-refractivity contribution in [3.63, 3.8) is 0 Å². The Labute approximate surface area is 171 Å². The molecule has 146 valence electrons. The molecule has 0 bridgehead atoms.